The van der Waals surface area contributed by atoms with Crippen LogP contribution in [0.5, 0.6) is 0 Å². The molecule has 23 heavy (non-hydrogen) atoms. The van der Waals surface area contributed by atoms with E-state index in [1.54, 1.807) is 26.8 Å². The van der Waals surface area contributed by atoms with E-state index in [-0.39, 0.29) is 12.2 Å². The molecule has 0 bridgehead atoms. The van der Waals surface area contributed by atoms with Crippen molar-refractivity contribution in [3.63, 3.8) is 0 Å². The lowest BCUT2D eigenvalue weighted by Crippen LogP contribution is -2.46. The Kier molecular flexibility index (Phi) is 8.89. The van der Waals surface area contributed by atoms with Gasteiger partial charge in [0.15, 0.2) is 6.10 Å². The van der Waals surface area contributed by atoms with E-state index < -0.39 is 23.8 Å². The first-order valence-electron chi connectivity index (χ1n) is 7.53. The van der Waals surface area contributed by atoms with Crippen molar-refractivity contribution in [2.24, 2.45) is 0 Å². The highest BCUT2D eigenvalue weighted by Gasteiger charge is 2.24. The van der Waals surface area contributed by atoms with Crippen molar-refractivity contribution in [1.82, 2.24) is 5.32 Å². The molecule has 0 saturated carbocycles. The van der Waals surface area contributed by atoms with Gasteiger partial charge in [-0.1, -0.05) is 26.0 Å². The second-order valence-corrected chi connectivity index (χ2v) is 5.66. The summed E-state index contributed by atoms with van der Waals surface area (Å²) < 4.78 is 17.9. The van der Waals surface area contributed by atoms with Gasteiger partial charge >= 0.3 is 6.09 Å². The lowest BCUT2D eigenvalue weighted by molar-refractivity contribution is 0.0458. The standard InChI is InChI=1S/C15H19FN2O3.C2H6/c1-15(2,3)21-14(20)18-12(13(19)9-17)8-10-4-6-11(16)7-5-10;1-2/h4-7,12-13,19H,8H2,1-3H3,(H,18,20);1-2H3. The quantitative estimate of drug-likeness (QED) is 0.833. The van der Waals surface area contributed by atoms with Gasteiger partial charge in [0.25, 0.3) is 0 Å². The van der Waals surface area contributed by atoms with Crippen LogP contribution in [0.25, 0.3) is 0 Å². The molecule has 128 valence electrons. The van der Waals surface area contributed by atoms with Gasteiger partial charge in [0.2, 0.25) is 0 Å². The minimum Gasteiger partial charge on any atom is -0.444 e. The smallest absolute Gasteiger partial charge is 0.408 e. The number of aliphatic hydroxyl groups excluding tert-OH is 1. The number of ether oxygens (including phenoxy) is 1. The van der Waals surface area contributed by atoms with Crippen molar-refractivity contribution in [3.8, 4) is 6.07 Å². The Morgan fingerprint density at radius 2 is 1.87 bits per heavy atom. The highest BCUT2D eigenvalue weighted by Crippen LogP contribution is 2.11. The highest BCUT2D eigenvalue weighted by atomic mass is 19.1. The summed E-state index contributed by atoms with van der Waals surface area (Å²) in [5.41, 5.74) is 0.00835. The molecule has 2 atom stereocenters. The third kappa shape index (κ3) is 8.79. The zero-order chi connectivity index (χ0) is 18.0. The molecule has 1 amide bonds. The van der Waals surface area contributed by atoms with Crippen LogP contribution in [-0.2, 0) is 11.2 Å². The van der Waals surface area contributed by atoms with Crippen molar-refractivity contribution < 1.29 is 19.0 Å². The van der Waals surface area contributed by atoms with Gasteiger partial charge in [0.05, 0.1) is 12.1 Å². The Hall–Kier alpha value is -2.13. The summed E-state index contributed by atoms with van der Waals surface area (Å²) in [5, 5.41) is 21.0. The topological polar surface area (TPSA) is 82.3 Å². The van der Waals surface area contributed by atoms with Crippen LogP contribution < -0.4 is 5.32 Å². The SMILES string of the molecule is CC.CC(C)(C)OC(=O)NC(Cc1ccc(F)cc1)C(O)C#N. The Balaban J connectivity index is 0.00000232. The summed E-state index contributed by atoms with van der Waals surface area (Å²) in [4.78, 5) is 11.7. The molecule has 0 heterocycles. The molecule has 0 aromatic heterocycles. The van der Waals surface area contributed by atoms with Crippen LogP contribution in [0.3, 0.4) is 0 Å². The Morgan fingerprint density at radius 3 is 2.30 bits per heavy atom. The number of nitrogens with zero attached hydrogens (tertiary/aromatic N) is 1. The van der Waals surface area contributed by atoms with Gasteiger partial charge in [-0.25, -0.2) is 9.18 Å². The van der Waals surface area contributed by atoms with E-state index in [0.29, 0.717) is 5.56 Å². The number of alkyl carbamates (subject to hydrolysis) is 1. The number of nitriles is 1. The molecule has 0 aliphatic carbocycles. The predicted octanol–water partition coefficient (Wildman–Crippen LogP) is 3.17. The van der Waals surface area contributed by atoms with Gasteiger partial charge < -0.3 is 15.2 Å². The fourth-order valence-electron chi connectivity index (χ4n) is 1.66. The van der Waals surface area contributed by atoms with E-state index in [1.165, 1.54) is 24.3 Å². The van der Waals surface area contributed by atoms with E-state index in [4.69, 9.17) is 10.00 Å². The van der Waals surface area contributed by atoms with Gasteiger partial charge in [-0.15, -0.1) is 0 Å². The van der Waals surface area contributed by atoms with Gasteiger partial charge in [-0.05, 0) is 44.9 Å². The number of carbonyl (C=O) groups is 1. The van der Waals surface area contributed by atoms with Crippen LogP contribution in [0.15, 0.2) is 24.3 Å². The first-order chi connectivity index (χ1) is 10.7. The molecule has 0 saturated heterocycles. The number of hydrogen-bond acceptors (Lipinski definition) is 4. The zero-order valence-corrected chi connectivity index (χ0v) is 14.3. The van der Waals surface area contributed by atoms with E-state index in [9.17, 15) is 14.3 Å². The number of carbonyl (C=O) groups excluding carboxylic acids is 1. The van der Waals surface area contributed by atoms with Crippen LogP contribution in [0.2, 0.25) is 0 Å². The van der Waals surface area contributed by atoms with Gasteiger partial charge in [0, 0.05) is 0 Å². The molecule has 1 rings (SSSR count). The monoisotopic (exact) mass is 324 g/mol. The second kappa shape index (κ2) is 9.80. The molecular weight excluding hydrogens is 299 g/mol. The van der Waals surface area contributed by atoms with Crippen LogP contribution in [0.4, 0.5) is 9.18 Å². The number of aliphatic hydroxyl groups is 1. The molecule has 2 unspecified atom stereocenters. The molecule has 0 aliphatic heterocycles. The summed E-state index contributed by atoms with van der Waals surface area (Å²) in [7, 11) is 0. The van der Waals surface area contributed by atoms with Crippen molar-refractivity contribution in [2.45, 2.75) is 58.8 Å². The van der Waals surface area contributed by atoms with Gasteiger partial charge in [-0.2, -0.15) is 5.26 Å². The van der Waals surface area contributed by atoms with Gasteiger partial charge in [0.1, 0.15) is 11.4 Å². The maximum atomic E-state index is 12.9. The maximum Gasteiger partial charge on any atom is 0.408 e. The van der Waals surface area contributed by atoms with Gasteiger partial charge in [-0.3, -0.25) is 0 Å². The summed E-state index contributed by atoms with van der Waals surface area (Å²) in [6, 6.07) is 6.45. The Labute approximate surface area is 137 Å². The number of halogens is 1. The summed E-state index contributed by atoms with van der Waals surface area (Å²) in [5.74, 6) is -0.378. The van der Waals surface area contributed by atoms with E-state index >= 15 is 0 Å². The minimum absolute atomic E-state index is 0.189. The van der Waals surface area contributed by atoms with Crippen LogP contribution >= 0.6 is 0 Å². The summed E-state index contributed by atoms with van der Waals surface area (Å²) in [6.45, 7) is 9.13. The molecule has 0 fully saturated rings. The third-order valence-electron chi connectivity index (χ3n) is 2.58. The van der Waals surface area contributed by atoms with E-state index in [2.05, 4.69) is 5.32 Å². The van der Waals surface area contributed by atoms with Crippen LogP contribution in [0.1, 0.15) is 40.2 Å². The summed E-state index contributed by atoms with van der Waals surface area (Å²) in [6.07, 6.45) is -1.92. The molecule has 0 aliphatic rings. The normalized spacial score (nSPS) is 13.0. The fraction of sp³-hybridized carbons (Fsp3) is 0.529. The minimum atomic E-state index is -1.39. The zero-order valence-electron chi connectivity index (χ0n) is 14.3. The third-order valence-corrected chi connectivity index (χ3v) is 2.58. The van der Waals surface area contributed by atoms with Crippen LogP contribution in [0, 0.1) is 17.1 Å². The lowest BCUT2D eigenvalue weighted by atomic mass is 10.0. The molecule has 5 nitrogen and oxygen atoms in total. The summed E-state index contributed by atoms with van der Waals surface area (Å²) >= 11 is 0. The molecular formula is C17H25FN2O3. The number of benzene rings is 1. The Bertz CT molecular complexity index is 518. The second-order valence-electron chi connectivity index (χ2n) is 5.66. The van der Waals surface area contributed by atoms with Crippen molar-refractivity contribution >= 4 is 6.09 Å². The van der Waals surface area contributed by atoms with E-state index in [1.807, 2.05) is 13.8 Å². The van der Waals surface area contributed by atoms with E-state index in [0.717, 1.165) is 0 Å². The molecule has 1 aromatic rings. The number of hydrogen-bond donors (Lipinski definition) is 2. The van der Waals surface area contributed by atoms with Crippen LogP contribution in [-0.4, -0.2) is 28.9 Å². The Morgan fingerprint density at radius 1 is 1.35 bits per heavy atom. The average molecular weight is 324 g/mol. The highest BCUT2D eigenvalue weighted by molar-refractivity contribution is 5.68. The molecule has 1 aromatic carbocycles. The largest absolute Gasteiger partial charge is 0.444 e. The first kappa shape index (κ1) is 20.9. The fourth-order valence-corrected chi connectivity index (χ4v) is 1.66. The lowest BCUT2D eigenvalue weighted by Gasteiger charge is -2.24. The maximum absolute atomic E-state index is 12.9. The molecule has 2 N–H and O–H groups in total. The molecule has 0 spiro atoms. The molecule has 0 radical (unpaired) electrons. The van der Waals surface area contributed by atoms with Crippen molar-refractivity contribution in [1.29, 1.82) is 5.26 Å². The number of amides is 1. The molecule has 6 heteroatoms. The number of rotatable bonds is 4. The number of nitrogens with one attached hydrogen (secondary N) is 1. The predicted molar refractivity (Wildman–Crippen MR) is 86.2 cm³/mol. The van der Waals surface area contributed by atoms with Crippen molar-refractivity contribution in [3.05, 3.63) is 35.6 Å². The average Bonchev–Trinajstić information content (AvgIpc) is 2.48. The van der Waals surface area contributed by atoms with Crippen molar-refractivity contribution in [2.75, 3.05) is 0 Å². The first-order valence-corrected chi connectivity index (χ1v) is 7.53.